The highest BCUT2D eigenvalue weighted by Crippen LogP contribution is 2.22. The molecule has 1 amide bonds. The molecule has 0 saturated heterocycles. The number of hydrogen-bond donors (Lipinski definition) is 2. The summed E-state index contributed by atoms with van der Waals surface area (Å²) >= 11 is 0. The number of rotatable bonds is 6. The molecule has 0 spiro atoms. The van der Waals surface area contributed by atoms with E-state index in [1.54, 1.807) is 4.68 Å². The van der Waals surface area contributed by atoms with E-state index < -0.39 is 0 Å². The largest absolute Gasteiger partial charge is 0.395 e. The van der Waals surface area contributed by atoms with Gasteiger partial charge in [-0.1, -0.05) is 19.3 Å². The lowest BCUT2D eigenvalue weighted by Gasteiger charge is -2.33. The number of aliphatic hydroxyl groups is 1. The Balaban J connectivity index is 1.92. The van der Waals surface area contributed by atoms with E-state index in [9.17, 15) is 9.90 Å². The standard InChI is InChI=1S/C15H26N4O2/c1-12-10-14(18(2)17-12)16-15(21)11-19(8-9-20)13-6-4-3-5-7-13/h10,13,20H,3-9,11H2,1-2H3,(H,16,21). The summed E-state index contributed by atoms with van der Waals surface area (Å²) in [6.45, 7) is 2.88. The SMILES string of the molecule is Cc1cc(NC(=O)CN(CCO)C2CCCCC2)n(C)n1. The van der Waals surface area contributed by atoms with Crippen LogP contribution in [0.4, 0.5) is 5.82 Å². The number of aryl methyl sites for hydroxylation is 2. The van der Waals surface area contributed by atoms with Crippen molar-refractivity contribution < 1.29 is 9.90 Å². The summed E-state index contributed by atoms with van der Waals surface area (Å²) in [6.07, 6.45) is 5.96. The number of anilines is 1. The zero-order valence-corrected chi connectivity index (χ0v) is 13.0. The fourth-order valence-electron chi connectivity index (χ4n) is 3.06. The molecule has 0 unspecified atom stereocenters. The maximum atomic E-state index is 12.2. The second-order valence-electron chi connectivity index (χ2n) is 5.83. The molecule has 21 heavy (non-hydrogen) atoms. The van der Waals surface area contributed by atoms with E-state index in [2.05, 4.69) is 15.3 Å². The number of aromatic nitrogens is 2. The Morgan fingerprint density at radius 3 is 2.76 bits per heavy atom. The zero-order valence-electron chi connectivity index (χ0n) is 13.0. The van der Waals surface area contributed by atoms with Crippen LogP contribution in [0.25, 0.3) is 0 Å². The molecule has 1 aliphatic carbocycles. The number of aliphatic hydroxyl groups excluding tert-OH is 1. The first-order valence-corrected chi connectivity index (χ1v) is 7.75. The van der Waals surface area contributed by atoms with Gasteiger partial charge in [-0.3, -0.25) is 14.4 Å². The zero-order chi connectivity index (χ0) is 15.2. The van der Waals surface area contributed by atoms with E-state index in [-0.39, 0.29) is 12.5 Å². The van der Waals surface area contributed by atoms with Crippen molar-refractivity contribution in [3.8, 4) is 0 Å². The molecule has 0 bridgehead atoms. The van der Waals surface area contributed by atoms with Crippen LogP contribution in [0.3, 0.4) is 0 Å². The summed E-state index contributed by atoms with van der Waals surface area (Å²) in [7, 11) is 1.81. The molecule has 2 rings (SSSR count). The van der Waals surface area contributed by atoms with Gasteiger partial charge in [0.25, 0.3) is 0 Å². The molecule has 0 aromatic carbocycles. The predicted octanol–water partition coefficient (Wildman–Crippen LogP) is 1.29. The Morgan fingerprint density at radius 2 is 2.19 bits per heavy atom. The number of amides is 1. The molecule has 1 aromatic heterocycles. The molecule has 0 atom stereocenters. The van der Waals surface area contributed by atoms with Crippen molar-refractivity contribution in [2.24, 2.45) is 7.05 Å². The number of hydrogen-bond acceptors (Lipinski definition) is 4. The van der Waals surface area contributed by atoms with Gasteiger partial charge in [0.2, 0.25) is 5.91 Å². The van der Waals surface area contributed by atoms with Gasteiger partial charge in [-0.2, -0.15) is 5.10 Å². The molecule has 6 heteroatoms. The van der Waals surface area contributed by atoms with Crippen molar-refractivity contribution >= 4 is 11.7 Å². The number of nitrogens with zero attached hydrogens (tertiary/aromatic N) is 3. The summed E-state index contributed by atoms with van der Waals surface area (Å²) in [6, 6.07) is 2.28. The quantitative estimate of drug-likeness (QED) is 0.829. The van der Waals surface area contributed by atoms with Crippen LogP contribution in [0, 0.1) is 6.92 Å². The van der Waals surface area contributed by atoms with E-state index in [0.29, 0.717) is 24.9 Å². The van der Waals surface area contributed by atoms with Crippen LogP contribution >= 0.6 is 0 Å². The summed E-state index contributed by atoms with van der Waals surface area (Å²) in [5, 5.41) is 16.3. The van der Waals surface area contributed by atoms with Gasteiger partial charge in [-0.15, -0.1) is 0 Å². The topological polar surface area (TPSA) is 70.4 Å². The molecule has 6 nitrogen and oxygen atoms in total. The average Bonchev–Trinajstić information content (AvgIpc) is 2.77. The van der Waals surface area contributed by atoms with Gasteiger partial charge >= 0.3 is 0 Å². The molecule has 1 saturated carbocycles. The van der Waals surface area contributed by atoms with Crippen LogP contribution in [0.15, 0.2) is 6.07 Å². The van der Waals surface area contributed by atoms with Gasteiger partial charge in [-0.05, 0) is 19.8 Å². The maximum absolute atomic E-state index is 12.2. The Hall–Kier alpha value is -1.40. The smallest absolute Gasteiger partial charge is 0.239 e. The minimum atomic E-state index is -0.0444. The maximum Gasteiger partial charge on any atom is 0.239 e. The van der Waals surface area contributed by atoms with Crippen molar-refractivity contribution in [2.45, 2.75) is 45.1 Å². The molecule has 1 aromatic rings. The molecule has 118 valence electrons. The Morgan fingerprint density at radius 1 is 1.48 bits per heavy atom. The van der Waals surface area contributed by atoms with Crippen molar-refractivity contribution in [3.05, 3.63) is 11.8 Å². The van der Waals surface area contributed by atoms with Crippen LogP contribution in [-0.2, 0) is 11.8 Å². The molecule has 1 fully saturated rings. The first kappa shape index (κ1) is 16.0. The van der Waals surface area contributed by atoms with Gasteiger partial charge in [0.15, 0.2) is 0 Å². The van der Waals surface area contributed by atoms with Crippen molar-refractivity contribution in [3.63, 3.8) is 0 Å². The van der Waals surface area contributed by atoms with Gasteiger partial charge in [0.05, 0.1) is 18.8 Å². The lowest BCUT2D eigenvalue weighted by molar-refractivity contribution is -0.118. The minimum absolute atomic E-state index is 0.0444. The van der Waals surface area contributed by atoms with Gasteiger partial charge in [0.1, 0.15) is 5.82 Å². The fraction of sp³-hybridized carbons (Fsp3) is 0.733. The summed E-state index contributed by atoms with van der Waals surface area (Å²) in [4.78, 5) is 14.3. The lowest BCUT2D eigenvalue weighted by Crippen LogP contribution is -2.43. The fourth-order valence-corrected chi connectivity index (χ4v) is 3.06. The highest BCUT2D eigenvalue weighted by Gasteiger charge is 2.23. The molecule has 1 aliphatic rings. The van der Waals surface area contributed by atoms with E-state index >= 15 is 0 Å². The highest BCUT2D eigenvalue weighted by molar-refractivity contribution is 5.91. The number of nitrogens with one attached hydrogen (secondary N) is 1. The minimum Gasteiger partial charge on any atom is -0.395 e. The van der Waals surface area contributed by atoms with Crippen LogP contribution in [0.1, 0.15) is 37.8 Å². The normalized spacial score (nSPS) is 16.4. The summed E-state index contributed by atoms with van der Waals surface area (Å²) in [5.41, 5.74) is 0.882. The summed E-state index contributed by atoms with van der Waals surface area (Å²) < 4.78 is 1.67. The highest BCUT2D eigenvalue weighted by atomic mass is 16.3. The number of carbonyl (C=O) groups is 1. The lowest BCUT2D eigenvalue weighted by atomic mass is 9.94. The van der Waals surface area contributed by atoms with Crippen LogP contribution in [-0.4, -0.2) is 51.4 Å². The van der Waals surface area contributed by atoms with E-state index in [0.717, 1.165) is 18.5 Å². The van der Waals surface area contributed by atoms with Crippen LogP contribution in [0.2, 0.25) is 0 Å². The average molecular weight is 294 g/mol. The third-order valence-corrected chi connectivity index (χ3v) is 4.09. The molecule has 1 heterocycles. The molecular formula is C15H26N4O2. The molecule has 0 aliphatic heterocycles. The second-order valence-corrected chi connectivity index (χ2v) is 5.83. The van der Waals surface area contributed by atoms with Crippen molar-refractivity contribution in [1.29, 1.82) is 0 Å². The second kappa shape index (κ2) is 7.56. The molecular weight excluding hydrogens is 268 g/mol. The Labute approximate surface area is 126 Å². The van der Waals surface area contributed by atoms with Crippen LogP contribution < -0.4 is 5.32 Å². The first-order valence-electron chi connectivity index (χ1n) is 7.75. The first-order chi connectivity index (χ1) is 10.1. The Bertz CT molecular complexity index is 466. The van der Waals surface area contributed by atoms with Crippen molar-refractivity contribution in [1.82, 2.24) is 14.7 Å². The number of carbonyl (C=O) groups excluding carboxylic acids is 1. The third-order valence-electron chi connectivity index (χ3n) is 4.09. The van der Waals surface area contributed by atoms with E-state index in [4.69, 9.17) is 0 Å². The van der Waals surface area contributed by atoms with E-state index in [1.807, 2.05) is 20.0 Å². The van der Waals surface area contributed by atoms with Gasteiger partial charge < -0.3 is 10.4 Å². The van der Waals surface area contributed by atoms with Gasteiger partial charge in [0, 0.05) is 25.7 Å². The third kappa shape index (κ3) is 4.54. The van der Waals surface area contributed by atoms with Crippen molar-refractivity contribution in [2.75, 3.05) is 25.0 Å². The summed E-state index contributed by atoms with van der Waals surface area (Å²) in [5.74, 6) is 0.669. The molecule has 2 N–H and O–H groups in total. The van der Waals surface area contributed by atoms with Crippen LogP contribution in [0.5, 0.6) is 0 Å². The van der Waals surface area contributed by atoms with Gasteiger partial charge in [-0.25, -0.2) is 0 Å². The predicted molar refractivity (Wildman–Crippen MR) is 82.1 cm³/mol. The van der Waals surface area contributed by atoms with E-state index in [1.165, 1.54) is 19.3 Å². The Kier molecular flexibility index (Phi) is 5.76. The monoisotopic (exact) mass is 294 g/mol. The molecule has 0 radical (unpaired) electrons.